The molecule has 172 valence electrons. The normalized spacial score (nSPS) is 44.5. The van der Waals surface area contributed by atoms with Gasteiger partial charge in [0.05, 0.1) is 0 Å². The first-order chi connectivity index (χ1) is 16.1. The second-order valence-electron chi connectivity index (χ2n) is 13.7. The maximum atomic E-state index is 3.33. The Labute approximate surface area is 202 Å². The van der Waals surface area contributed by atoms with Crippen LogP contribution in [-0.4, -0.2) is 0 Å². The Morgan fingerprint density at radius 1 is 0.545 bits per heavy atom. The minimum Gasteiger partial charge on any atom is -0.105 e. The van der Waals surface area contributed by atoms with E-state index in [4.69, 9.17) is 0 Å². The number of hydrogen-bond donors (Lipinski definition) is 0. The molecule has 0 aromatic heterocycles. The SMILES string of the molecule is Pc1c(-c2ccccc2)ccc(C23CC4CC(CC(C4)C2)C3)c1C12CC3CC(CC(C3)C1)C2. The summed E-state index contributed by atoms with van der Waals surface area (Å²) >= 11 is 0. The van der Waals surface area contributed by atoms with Crippen LogP contribution in [0, 0.1) is 35.5 Å². The third-order valence-corrected chi connectivity index (χ3v) is 12.1. The average molecular weight is 455 g/mol. The van der Waals surface area contributed by atoms with Gasteiger partial charge in [0.1, 0.15) is 0 Å². The molecule has 2 aromatic carbocycles. The van der Waals surface area contributed by atoms with Gasteiger partial charge in [0.2, 0.25) is 0 Å². The van der Waals surface area contributed by atoms with Gasteiger partial charge in [0.15, 0.2) is 0 Å². The van der Waals surface area contributed by atoms with Crippen molar-refractivity contribution < 1.29 is 0 Å². The largest absolute Gasteiger partial charge is 0.105 e. The molecule has 1 unspecified atom stereocenters. The van der Waals surface area contributed by atoms with Crippen molar-refractivity contribution in [1.29, 1.82) is 0 Å². The van der Waals surface area contributed by atoms with Gasteiger partial charge < -0.3 is 0 Å². The lowest BCUT2D eigenvalue weighted by Gasteiger charge is -2.61. The van der Waals surface area contributed by atoms with E-state index in [1.54, 1.807) is 24.6 Å². The molecule has 0 aliphatic heterocycles. The zero-order valence-corrected chi connectivity index (χ0v) is 21.2. The average Bonchev–Trinajstić information content (AvgIpc) is 2.77. The van der Waals surface area contributed by atoms with Crippen LogP contribution >= 0.6 is 9.24 Å². The first kappa shape index (κ1) is 20.1. The predicted octanol–water partition coefficient (Wildman–Crippen LogP) is 7.79. The molecule has 8 saturated carbocycles. The number of benzene rings is 2. The highest BCUT2D eigenvalue weighted by Gasteiger charge is 2.57. The molecule has 0 saturated heterocycles. The van der Waals surface area contributed by atoms with Crippen molar-refractivity contribution in [3.63, 3.8) is 0 Å². The minimum absolute atomic E-state index is 0.468. The fourth-order valence-corrected chi connectivity index (χ4v) is 12.1. The van der Waals surface area contributed by atoms with Crippen LogP contribution < -0.4 is 5.30 Å². The Bertz CT molecular complexity index is 1020. The Kier molecular flexibility index (Phi) is 4.24. The molecular formula is C32H39P. The van der Waals surface area contributed by atoms with Crippen molar-refractivity contribution in [2.24, 2.45) is 35.5 Å². The second kappa shape index (κ2) is 6.97. The van der Waals surface area contributed by atoms with Crippen molar-refractivity contribution >= 4 is 14.5 Å². The van der Waals surface area contributed by atoms with Crippen LogP contribution in [0.25, 0.3) is 11.1 Å². The molecule has 8 aliphatic carbocycles. The Morgan fingerprint density at radius 2 is 1.00 bits per heavy atom. The van der Waals surface area contributed by atoms with Gasteiger partial charge in [-0.25, -0.2) is 0 Å². The van der Waals surface area contributed by atoms with Crippen LogP contribution in [0.1, 0.15) is 88.2 Å². The molecule has 0 spiro atoms. The molecule has 1 atom stereocenters. The van der Waals surface area contributed by atoms with Crippen LogP contribution in [0.3, 0.4) is 0 Å². The lowest BCUT2D eigenvalue weighted by atomic mass is 9.44. The topological polar surface area (TPSA) is 0 Å². The summed E-state index contributed by atoms with van der Waals surface area (Å²) in [5.41, 5.74) is 7.55. The van der Waals surface area contributed by atoms with Gasteiger partial charge in [0.25, 0.3) is 0 Å². The third-order valence-electron chi connectivity index (χ3n) is 11.5. The molecule has 8 aliphatic rings. The van der Waals surface area contributed by atoms with E-state index in [2.05, 4.69) is 51.7 Å². The van der Waals surface area contributed by atoms with E-state index in [0.717, 1.165) is 35.5 Å². The lowest BCUT2D eigenvalue weighted by molar-refractivity contribution is -0.0170. The quantitative estimate of drug-likeness (QED) is 0.415. The smallest absolute Gasteiger partial charge is 0.00298 e. The second-order valence-corrected chi connectivity index (χ2v) is 14.3. The van der Waals surface area contributed by atoms with Crippen LogP contribution in [0.2, 0.25) is 0 Å². The van der Waals surface area contributed by atoms with E-state index in [-0.39, 0.29) is 0 Å². The Balaban J connectivity index is 1.34. The molecular weight excluding hydrogens is 415 g/mol. The first-order valence-electron chi connectivity index (χ1n) is 14.1. The van der Waals surface area contributed by atoms with Crippen molar-refractivity contribution in [3.05, 3.63) is 53.6 Å². The molecule has 10 rings (SSSR count). The van der Waals surface area contributed by atoms with Gasteiger partial charge in [-0.3, -0.25) is 0 Å². The summed E-state index contributed by atoms with van der Waals surface area (Å²) in [7, 11) is 3.33. The van der Waals surface area contributed by atoms with E-state index < -0.39 is 0 Å². The standard InChI is InChI=1S/C32H39P/c33-30-27(26-4-2-1-3-5-26)6-7-28(31-14-20-8-21(15-31)10-22(9-20)16-31)29(30)32-17-23-11-24(18-32)13-25(12-23)19-32/h1-7,20-25H,8-19,33H2. The highest BCUT2D eigenvalue weighted by molar-refractivity contribution is 7.28. The maximum absolute atomic E-state index is 3.33. The third kappa shape index (κ3) is 2.92. The lowest BCUT2D eigenvalue weighted by Crippen LogP contribution is -2.53. The minimum atomic E-state index is 0.468. The molecule has 0 amide bonds. The zero-order valence-electron chi connectivity index (χ0n) is 20.1. The number of rotatable bonds is 3. The summed E-state index contributed by atoms with van der Waals surface area (Å²) in [4.78, 5) is 0. The molecule has 2 aromatic rings. The van der Waals surface area contributed by atoms with Gasteiger partial charge in [-0.2, -0.15) is 0 Å². The molecule has 0 radical (unpaired) electrons. The molecule has 0 N–H and O–H groups in total. The highest BCUT2D eigenvalue weighted by atomic mass is 31.0. The van der Waals surface area contributed by atoms with Crippen molar-refractivity contribution in [1.82, 2.24) is 0 Å². The Morgan fingerprint density at radius 3 is 1.48 bits per heavy atom. The molecule has 33 heavy (non-hydrogen) atoms. The highest BCUT2D eigenvalue weighted by Crippen LogP contribution is 2.65. The van der Waals surface area contributed by atoms with Crippen LogP contribution in [-0.2, 0) is 10.8 Å². The van der Waals surface area contributed by atoms with Gasteiger partial charge in [-0.05, 0) is 151 Å². The van der Waals surface area contributed by atoms with Crippen LogP contribution in [0.4, 0.5) is 0 Å². The van der Waals surface area contributed by atoms with Crippen molar-refractivity contribution in [3.8, 4) is 11.1 Å². The summed E-state index contributed by atoms with van der Waals surface area (Å²) < 4.78 is 0. The van der Waals surface area contributed by atoms with E-state index in [0.29, 0.717) is 10.8 Å². The van der Waals surface area contributed by atoms with Gasteiger partial charge in [-0.1, -0.05) is 42.5 Å². The molecule has 1 heteroatoms. The fourth-order valence-electron chi connectivity index (χ4n) is 11.4. The number of hydrogen-bond acceptors (Lipinski definition) is 0. The van der Waals surface area contributed by atoms with Gasteiger partial charge >= 0.3 is 0 Å². The summed E-state index contributed by atoms with van der Waals surface area (Å²) in [6.07, 6.45) is 18.2. The van der Waals surface area contributed by atoms with Crippen LogP contribution in [0.15, 0.2) is 42.5 Å². The van der Waals surface area contributed by atoms with E-state index >= 15 is 0 Å². The summed E-state index contributed by atoms with van der Waals surface area (Å²) in [5.74, 6) is 6.06. The van der Waals surface area contributed by atoms with E-state index in [1.165, 1.54) is 68.9 Å². The Hall–Kier alpha value is -1.13. The molecule has 0 heterocycles. The van der Waals surface area contributed by atoms with Crippen molar-refractivity contribution in [2.75, 3.05) is 0 Å². The molecule has 8 bridgehead atoms. The van der Waals surface area contributed by atoms with Crippen LogP contribution in [0.5, 0.6) is 0 Å². The summed E-state index contributed by atoms with van der Waals surface area (Å²) in [6, 6.07) is 16.5. The predicted molar refractivity (Wildman–Crippen MR) is 141 cm³/mol. The van der Waals surface area contributed by atoms with Gasteiger partial charge in [-0.15, -0.1) is 9.24 Å². The maximum Gasteiger partial charge on any atom is -0.00298 e. The first-order valence-corrected chi connectivity index (χ1v) is 14.7. The zero-order chi connectivity index (χ0) is 21.8. The fraction of sp³-hybridized carbons (Fsp3) is 0.625. The summed E-state index contributed by atoms with van der Waals surface area (Å²) in [6.45, 7) is 0. The van der Waals surface area contributed by atoms with Gasteiger partial charge in [0, 0.05) is 0 Å². The van der Waals surface area contributed by atoms with Crippen molar-refractivity contribution in [2.45, 2.75) is 87.9 Å². The van der Waals surface area contributed by atoms with E-state index in [1.807, 2.05) is 11.1 Å². The molecule has 0 nitrogen and oxygen atoms in total. The summed E-state index contributed by atoms with van der Waals surface area (Å²) in [5, 5.41) is 1.58. The monoisotopic (exact) mass is 454 g/mol. The molecule has 8 fully saturated rings. The van der Waals surface area contributed by atoms with E-state index in [9.17, 15) is 0 Å².